The van der Waals surface area contributed by atoms with Crippen molar-refractivity contribution in [2.45, 2.75) is 18.2 Å². The van der Waals surface area contributed by atoms with Crippen LogP contribution in [0.2, 0.25) is 0 Å². The van der Waals surface area contributed by atoms with E-state index in [1.165, 1.54) is 19.2 Å². The molecular formula is C15H16N2O5S. The lowest BCUT2D eigenvalue weighted by Crippen LogP contribution is -2.15. The number of nitro groups is 1. The molecule has 0 heterocycles. The van der Waals surface area contributed by atoms with Crippen LogP contribution in [0.4, 0.5) is 11.4 Å². The maximum atomic E-state index is 12.6. The molecule has 0 aliphatic rings. The standard InChI is InChI=1S/C15H16N2O5S/c1-3-11-6-4-5-7-13(11)16-23(20,21)15-10-12(17(18)19)8-9-14(15)22-2/h4-10,16H,3H2,1-2H3. The minimum Gasteiger partial charge on any atom is -0.495 e. The van der Waals surface area contributed by atoms with Gasteiger partial charge in [0.15, 0.2) is 0 Å². The number of ether oxygens (including phenoxy) is 1. The number of anilines is 1. The fourth-order valence-electron chi connectivity index (χ4n) is 2.12. The van der Waals surface area contributed by atoms with E-state index < -0.39 is 14.9 Å². The fraction of sp³-hybridized carbons (Fsp3) is 0.200. The number of aryl methyl sites for hydroxylation is 1. The van der Waals surface area contributed by atoms with E-state index in [4.69, 9.17) is 4.74 Å². The van der Waals surface area contributed by atoms with Crippen molar-refractivity contribution in [3.63, 3.8) is 0 Å². The van der Waals surface area contributed by atoms with Crippen LogP contribution in [-0.2, 0) is 16.4 Å². The smallest absolute Gasteiger partial charge is 0.271 e. The third-order valence-electron chi connectivity index (χ3n) is 3.29. The van der Waals surface area contributed by atoms with E-state index in [9.17, 15) is 18.5 Å². The number of methoxy groups -OCH3 is 1. The second kappa shape index (κ2) is 6.66. The van der Waals surface area contributed by atoms with Gasteiger partial charge in [0.1, 0.15) is 10.6 Å². The number of sulfonamides is 1. The summed E-state index contributed by atoms with van der Waals surface area (Å²) >= 11 is 0. The number of hydrogen-bond donors (Lipinski definition) is 1. The van der Waals surface area contributed by atoms with E-state index in [2.05, 4.69) is 4.72 Å². The second-order valence-electron chi connectivity index (χ2n) is 4.71. The summed E-state index contributed by atoms with van der Waals surface area (Å²) in [6.45, 7) is 1.90. The maximum absolute atomic E-state index is 12.6. The molecule has 0 atom stereocenters. The molecule has 0 unspecified atom stereocenters. The minimum atomic E-state index is -4.02. The number of rotatable bonds is 6. The van der Waals surface area contributed by atoms with E-state index in [1.54, 1.807) is 12.1 Å². The summed E-state index contributed by atoms with van der Waals surface area (Å²) in [6.07, 6.45) is 0.644. The average Bonchev–Trinajstić information content (AvgIpc) is 2.54. The molecule has 1 N–H and O–H groups in total. The third kappa shape index (κ3) is 3.59. The van der Waals surface area contributed by atoms with Gasteiger partial charge in [0.25, 0.3) is 15.7 Å². The maximum Gasteiger partial charge on any atom is 0.271 e. The number of non-ortho nitro benzene ring substituents is 1. The van der Waals surface area contributed by atoms with Crippen LogP contribution in [0.3, 0.4) is 0 Å². The molecule has 2 aromatic rings. The highest BCUT2D eigenvalue weighted by molar-refractivity contribution is 7.92. The summed E-state index contributed by atoms with van der Waals surface area (Å²) in [5.41, 5.74) is 0.930. The lowest BCUT2D eigenvalue weighted by molar-refractivity contribution is -0.385. The van der Waals surface area contributed by atoms with Gasteiger partial charge < -0.3 is 4.74 Å². The molecule has 0 amide bonds. The van der Waals surface area contributed by atoms with Crippen LogP contribution in [0, 0.1) is 10.1 Å². The lowest BCUT2D eigenvalue weighted by atomic mass is 10.1. The molecule has 0 aliphatic heterocycles. The largest absolute Gasteiger partial charge is 0.495 e. The van der Waals surface area contributed by atoms with Gasteiger partial charge in [0, 0.05) is 12.1 Å². The molecule has 0 aromatic heterocycles. The number of nitrogens with one attached hydrogen (secondary N) is 1. The van der Waals surface area contributed by atoms with Crippen molar-refractivity contribution in [2.24, 2.45) is 0 Å². The average molecular weight is 336 g/mol. The number of nitrogens with zero attached hydrogens (tertiary/aromatic N) is 1. The van der Waals surface area contributed by atoms with Crippen molar-refractivity contribution in [3.8, 4) is 5.75 Å². The van der Waals surface area contributed by atoms with Gasteiger partial charge in [0.2, 0.25) is 0 Å². The van der Waals surface area contributed by atoms with Crippen LogP contribution in [-0.4, -0.2) is 20.5 Å². The van der Waals surface area contributed by atoms with E-state index in [0.29, 0.717) is 12.1 Å². The number of nitro benzene ring substituents is 1. The quantitative estimate of drug-likeness (QED) is 0.646. The number of para-hydroxylation sites is 1. The second-order valence-corrected chi connectivity index (χ2v) is 6.36. The van der Waals surface area contributed by atoms with Crippen molar-refractivity contribution in [2.75, 3.05) is 11.8 Å². The van der Waals surface area contributed by atoms with E-state index >= 15 is 0 Å². The van der Waals surface area contributed by atoms with Gasteiger partial charge in [-0.3, -0.25) is 14.8 Å². The Labute approximate surface area is 134 Å². The van der Waals surface area contributed by atoms with Gasteiger partial charge in [-0.2, -0.15) is 0 Å². The Hall–Kier alpha value is -2.61. The highest BCUT2D eigenvalue weighted by atomic mass is 32.2. The molecule has 2 rings (SSSR count). The van der Waals surface area contributed by atoms with Gasteiger partial charge >= 0.3 is 0 Å². The Morgan fingerprint density at radius 1 is 1.22 bits per heavy atom. The SMILES string of the molecule is CCc1ccccc1NS(=O)(=O)c1cc([N+](=O)[O-])ccc1OC. The van der Waals surface area contributed by atoms with Crippen LogP contribution >= 0.6 is 0 Å². The molecule has 122 valence electrons. The van der Waals surface area contributed by atoms with Crippen molar-refractivity contribution in [1.29, 1.82) is 0 Å². The molecule has 8 heteroatoms. The van der Waals surface area contributed by atoms with Crippen molar-refractivity contribution < 1.29 is 18.1 Å². The van der Waals surface area contributed by atoms with Gasteiger partial charge in [-0.1, -0.05) is 25.1 Å². The summed E-state index contributed by atoms with van der Waals surface area (Å²) in [5, 5.41) is 10.9. The first kappa shape index (κ1) is 16.8. The van der Waals surface area contributed by atoms with Crippen LogP contribution in [0.25, 0.3) is 0 Å². The summed E-state index contributed by atoms with van der Waals surface area (Å²) in [6, 6.07) is 10.4. The summed E-state index contributed by atoms with van der Waals surface area (Å²) in [7, 11) is -2.72. The highest BCUT2D eigenvalue weighted by Crippen LogP contribution is 2.30. The van der Waals surface area contributed by atoms with Crippen molar-refractivity contribution >= 4 is 21.4 Å². The lowest BCUT2D eigenvalue weighted by Gasteiger charge is -2.13. The van der Waals surface area contributed by atoms with Gasteiger partial charge in [0.05, 0.1) is 17.7 Å². The monoisotopic (exact) mass is 336 g/mol. The zero-order valence-corrected chi connectivity index (χ0v) is 13.5. The van der Waals surface area contributed by atoms with E-state index in [1.807, 2.05) is 19.1 Å². The van der Waals surface area contributed by atoms with Gasteiger partial charge in [-0.25, -0.2) is 8.42 Å². The number of benzene rings is 2. The van der Waals surface area contributed by atoms with Crippen molar-refractivity contribution in [3.05, 3.63) is 58.1 Å². The Balaban J connectivity index is 2.50. The highest BCUT2D eigenvalue weighted by Gasteiger charge is 2.23. The Bertz CT molecular complexity index is 834. The Morgan fingerprint density at radius 2 is 1.91 bits per heavy atom. The topological polar surface area (TPSA) is 98.5 Å². The molecule has 0 fully saturated rings. The molecule has 0 radical (unpaired) electrons. The first-order valence-corrected chi connectivity index (χ1v) is 8.30. The minimum absolute atomic E-state index is 0.0390. The Morgan fingerprint density at radius 3 is 2.52 bits per heavy atom. The molecule has 0 saturated carbocycles. The van der Waals surface area contributed by atoms with Crippen LogP contribution in [0.5, 0.6) is 5.75 Å². The fourth-order valence-corrected chi connectivity index (χ4v) is 3.41. The zero-order valence-electron chi connectivity index (χ0n) is 12.6. The molecule has 0 aliphatic carbocycles. The normalized spacial score (nSPS) is 11.0. The van der Waals surface area contributed by atoms with Crippen LogP contribution < -0.4 is 9.46 Å². The van der Waals surface area contributed by atoms with E-state index in [-0.39, 0.29) is 16.3 Å². The molecule has 7 nitrogen and oxygen atoms in total. The zero-order chi connectivity index (χ0) is 17.0. The van der Waals surface area contributed by atoms with E-state index in [0.717, 1.165) is 11.6 Å². The van der Waals surface area contributed by atoms with Gasteiger partial charge in [-0.15, -0.1) is 0 Å². The predicted octanol–water partition coefficient (Wildman–Crippen LogP) is 2.97. The third-order valence-corrected chi connectivity index (χ3v) is 4.68. The molecule has 0 bridgehead atoms. The molecule has 0 spiro atoms. The first-order valence-electron chi connectivity index (χ1n) is 6.82. The molecule has 2 aromatic carbocycles. The molecule has 23 heavy (non-hydrogen) atoms. The molecule has 0 saturated heterocycles. The molecular weight excluding hydrogens is 320 g/mol. The summed E-state index contributed by atoms with van der Waals surface area (Å²) in [4.78, 5) is 9.96. The van der Waals surface area contributed by atoms with Crippen LogP contribution in [0.15, 0.2) is 47.4 Å². The first-order chi connectivity index (χ1) is 10.9. The predicted molar refractivity (Wildman–Crippen MR) is 86.3 cm³/mol. The summed E-state index contributed by atoms with van der Waals surface area (Å²) < 4.78 is 32.7. The summed E-state index contributed by atoms with van der Waals surface area (Å²) in [5.74, 6) is 0.0390. The Kier molecular flexibility index (Phi) is 4.85. The van der Waals surface area contributed by atoms with Gasteiger partial charge in [-0.05, 0) is 24.1 Å². The van der Waals surface area contributed by atoms with Crippen LogP contribution in [0.1, 0.15) is 12.5 Å². The van der Waals surface area contributed by atoms with Crippen molar-refractivity contribution in [1.82, 2.24) is 0 Å². The number of hydrogen-bond acceptors (Lipinski definition) is 5.